The lowest BCUT2D eigenvalue weighted by molar-refractivity contribution is 0.399. The summed E-state index contributed by atoms with van der Waals surface area (Å²) in [5, 5.41) is 0. The predicted octanol–water partition coefficient (Wildman–Crippen LogP) is 4.12. The van der Waals surface area contributed by atoms with E-state index in [1.807, 2.05) is 0 Å². The minimum Gasteiger partial charge on any atom is -0.326 e. The van der Waals surface area contributed by atoms with Gasteiger partial charge in [-0.25, -0.2) is 0 Å². The largest absolute Gasteiger partial charge is 0.326 e. The fourth-order valence-electron chi connectivity index (χ4n) is 2.00. The van der Waals surface area contributed by atoms with Gasteiger partial charge in [-0.1, -0.05) is 45.9 Å². The Hall–Kier alpha value is -0.810. The molecule has 0 aliphatic heterocycles. The summed E-state index contributed by atoms with van der Waals surface area (Å²) in [5.41, 5.74) is 8.36. The van der Waals surface area contributed by atoms with Crippen molar-refractivity contribution in [3.63, 3.8) is 0 Å². The number of hydrogen-bond acceptors (Lipinski definition) is 3. The van der Waals surface area contributed by atoms with Crippen LogP contribution < -0.4 is 5.73 Å². The molecule has 0 aliphatic carbocycles. The maximum Gasteiger partial charge on any atom is 0.0238 e. The molecule has 2 rings (SSSR count). The van der Waals surface area contributed by atoms with Gasteiger partial charge in [0.05, 0.1) is 0 Å². The van der Waals surface area contributed by atoms with Crippen molar-refractivity contribution in [2.75, 3.05) is 14.1 Å². The van der Waals surface area contributed by atoms with Crippen LogP contribution in [-0.4, -0.2) is 19.0 Å². The Bertz CT molecular complexity index is 584. The molecule has 0 saturated heterocycles. The highest BCUT2D eigenvalue weighted by Gasteiger charge is 2.08. The van der Waals surface area contributed by atoms with Crippen LogP contribution in [0.15, 0.2) is 56.7 Å². The predicted molar refractivity (Wildman–Crippen MR) is 90.0 cm³/mol. The summed E-state index contributed by atoms with van der Waals surface area (Å²) in [6.07, 6.45) is 0. The van der Waals surface area contributed by atoms with Crippen molar-refractivity contribution in [2.45, 2.75) is 22.9 Å². The first kappa shape index (κ1) is 15.6. The number of benzene rings is 2. The summed E-state index contributed by atoms with van der Waals surface area (Å²) in [7, 11) is 4.18. The van der Waals surface area contributed by atoms with Crippen molar-refractivity contribution >= 4 is 27.7 Å². The van der Waals surface area contributed by atoms with Crippen molar-refractivity contribution in [2.24, 2.45) is 5.73 Å². The molecule has 0 atom stereocenters. The van der Waals surface area contributed by atoms with Crippen LogP contribution >= 0.6 is 27.7 Å². The molecule has 0 unspecified atom stereocenters. The van der Waals surface area contributed by atoms with Crippen molar-refractivity contribution in [1.82, 2.24) is 4.90 Å². The Morgan fingerprint density at radius 2 is 1.75 bits per heavy atom. The zero-order valence-electron chi connectivity index (χ0n) is 11.8. The molecule has 0 heterocycles. The topological polar surface area (TPSA) is 29.3 Å². The maximum absolute atomic E-state index is 5.85. The first-order valence-electron chi connectivity index (χ1n) is 6.49. The van der Waals surface area contributed by atoms with Crippen LogP contribution in [0.2, 0.25) is 0 Å². The maximum atomic E-state index is 5.85. The number of hydrogen-bond donors (Lipinski definition) is 1. The Kier molecular flexibility index (Phi) is 5.66. The van der Waals surface area contributed by atoms with E-state index < -0.39 is 0 Å². The van der Waals surface area contributed by atoms with Gasteiger partial charge in [0.2, 0.25) is 0 Å². The van der Waals surface area contributed by atoms with E-state index in [4.69, 9.17) is 5.73 Å². The summed E-state index contributed by atoms with van der Waals surface area (Å²) in [4.78, 5) is 4.70. The van der Waals surface area contributed by atoms with Crippen LogP contribution in [0.25, 0.3) is 0 Å². The van der Waals surface area contributed by atoms with Gasteiger partial charge in [0, 0.05) is 27.4 Å². The Morgan fingerprint density at radius 3 is 2.45 bits per heavy atom. The molecular formula is C16H19BrN2S. The average Bonchev–Trinajstić information content (AvgIpc) is 2.42. The Labute approximate surface area is 133 Å². The molecule has 0 radical (unpaired) electrons. The van der Waals surface area contributed by atoms with E-state index in [1.54, 1.807) is 11.8 Å². The monoisotopic (exact) mass is 350 g/mol. The second-order valence-electron chi connectivity index (χ2n) is 4.90. The molecule has 2 aromatic rings. The minimum absolute atomic E-state index is 0.553. The molecule has 0 bridgehead atoms. The Morgan fingerprint density at radius 1 is 1.05 bits per heavy atom. The zero-order chi connectivity index (χ0) is 14.5. The lowest BCUT2D eigenvalue weighted by atomic mass is 10.2. The van der Waals surface area contributed by atoms with Gasteiger partial charge in [-0.2, -0.15) is 0 Å². The molecule has 2 nitrogen and oxygen atoms in total. The molecule has 4 heteroatoms. The quantitative estimate of drug-likeness (QED) is 0.879. The zero-order valence-corrected chi connectivity index (χ0v) is 14.2. The van der Waals surface area contributed by atoms with Crippen LogP contribution in [-0.2, 0) is 13.1 Å². The lowest BCUT2D eigenvalue weighted by Crippen LogP contribution is -2.11. The second kappa shape index (κ2) is 7.27. The first-order chi connectivity index (χ1) is 9.60. The van der Waals surface area contributed by atoms with Gasteiger partial charge >= 0.3 is 0 Å². The van der Waals surface area contributed by atoms with Crippen LogP contribution in [0.1, 0.15) is 11.1 Å². The summed E-state index contributed by atoms with van der Waals surface area (Å²) in [5.74, 6) is 0. The highest BCUT2D eigenvalue weighted by atomic mass is 79.9. The number of halogens is 1. The third-order valence-electron chi connectivity index (χ3n) is 2.92. The van der Waals surface area contributed by atoms with Crippen LogP contribution in [0.5, 0.6) is 0 Å². The molecule has 0 amide bonds. The summed E-state index contributed by atoms with van der Waals surface area (Å²) < 4.78 is 1.07. The van der Waals surface area contributed by atoms with Crippen LogP contribution in [0.3, 0.4) is 0 Å². The molecule has 0 aliphatic rings. The molecule has 2 N–H and O–H groups in total. The van der Waals surface area contributed by atoms with E-state index in [1.165, 1.54) is 20.9 Å². The van der Waals surface area contributed by atoms with Gasteiger partial charge in [-0.3, -0.25) is 0 Å². The number of nitrogens with two attached hydrogens (primary N) is 1. The van der Waals surface area contributed by atoms with Gasteiger partial charge in [-0.05, 0) is 49.5 Å². The fraction of sp³-hybridized carbons (Fsp3) is 0.250. The third-order valence-corrected chi connectivity index (χ3v) is 4.65. The molecule has 0 spiro atoms. The Balaban J connectivity index is 2.30. The molecule has 106 valence electrons. The number of nitrogens with zero attached hydrogens (tertiary/aromatic N) is 1. The van der Waals surface area contributed by atoms with Crippen molar-refractivity contribution in [3.8, 4) is 0 Å². The minimum atomic E-state index is 0.553. The van der Waals surface area contributed by atoms with E-state index in [0.717, 1.165) is 11.0 Å². The highest BCUT2D eigenvalue weighted by Crippen LogP contribution is 2.34. The van der Waals surface area contributed by atoms with Gasteiger partial charge < -0.3 is 10.6 Å². The summed E-state index contributed by atoms with van der Waals surface area (Å²) >= 11 is 5.29. The molecule has 2 aromatic carbocycles. The molecule has 0 saturated carbocycles. The standard InChI is InChI=1S/C16H19BrN2S/c1-19(2)11-12-5-3-4-6-15(12)20-16-8-7-14(17)9-13(16)10-18/h3-9H,10-11,18H2,1-2H3. The smallest absolute Gasteiger partial charge is 0.0238 e. The van der Waals surface area contributed by atoms with E-state index in [2.05, 4.69) is 77.4 Å². The first-order valence-corrected chi connectivity index (χ1v) is 8.10. The van der Waals surface area contributed by atoms with Crippen LogP contribution in [0, 0.1) is 0 Å². The SMILES string of the molecule is CN(C)Cc1ccccc1Sc1ccc(Br)cc1CN. The van der Waals surface area contributed by atoms with E-state index in [-0.39, 0.29) is 0 Å². The molecule has 0 aromatic heterocycles. The van der Waals surface area contributed by atoms with Crippen molar-refractivity contribution in [3.05, 3.63) is 58.1 Å². The van der Waals surface area contributed by atoms with E-state index >= 15 is 0 Å². The second-order valence-corrected chi connectivity index (χ2v) is 6.90. The van der Waals surface area contributed by atoms with Gasteiger partial charge in [0.25, 0.3) is 0 Å². The van der Waals surface area contributed by atoms with E-state index in [9.17, 15) is 0 Å². The lowest BCUT2D eigenvalue weighted by Gasteiger charge is -2.15. The number of rotatable bonds is 5. The van der Waals surface area contributed by atoms with Crippen molar-refractivity contribution < 1.29 is 0 Å². The fourth-order valence-corrected chi connectivity index (χ4v) is 3.47. The summed E-state index contributed by atoms with van der Waals surface area (Å²) in [6, 6.07) is 14.8. The summed E-state index contributed by atoms with van der Waals surface area (Å²) in [6.45, 7) is 1.50. The van der Waals surface area contributed by atoms with E-state index in [0.29, 0.717) is 6.54 Å². The van der Waals surface area contributed by atoms with Crippen LogP contribution in [0.4, 0.5) is 0 Å². The molecular weight excluding hydrogens is 332 g/mol. The average molecular weight is 351 g/mol. The third kappa shape index (κ3) is 4.09. The van der Waals surface area contributed by atoms with Gasteiger partial charge in [0.1, 0.15) is 0 Å². The molecule has 20 heavy (non-hydrogen) atoms. The van der Waals surface area contributed by atoms with Crippen molar-refractivity contribution in [1.29, 1.82) is 0 Å². The van der Waals surface area contributed by atoms with Gasteiger partial charge in [-0.15, -0.1) is 0 Å². The highest BCUT2D eigenvalue weighted by molar-refractivity contribution is 9.10. The normalized spacial score (nSPS) is 11.1. The van der Waals surface area contributed by atoms with Gasteiger partial charge in [0.15, 0.2) is 0 Å². The molecule has 0 fully saturated rings.